The highest BCUT2D eigenvalue weighted by Gasteiger charge is 2.34. The van der Waals surface area contributed by atoms with Crippen LogP contribution >= 0.6 is 11.8 Å². The summed E-state index contributed by atoms with van der Waals surface area (Å²) in [4.78, 5) is 18.1. The van der Waals surface area contributed by atoms with E-state index in [1.165, 1.54) is 11.1 Å². The van der Waals surface area contributed by atoms with Crippen LogP contribution in [-0.4, -0.2) is 39.5 Å². The van der Waals surface area contributed by atoms with Crippen molar-refractivity contribution in [1.82, 2.24) is 4.90 Å². The highest BCUT2D eigenvalue weighted by Crippen LogP contribution is 2.33. The van der Waals surface area contributed by atoms with E-state index in [-0.39, 0.29) is 11.2 Å². The van der Waals surface area contributed by atoms with E-state index < -0.39 is 5.97 Å². The van der Waals surface area contributed by atoms with Crippen LogP contribution < -0.4 is 0 Å². The number of aliphatic carboxylic acids is 1. The van der Waals surface area contributed by atoms with E-state index >= 15 is 0 Å². The Morgan fingerprint density at radius 2 is 2.05 bits per heavy atom. The first kappa shape index (κ1) is 15.9. The molecule has 0 bridgehead atoms. The second-order valence-electron chi connectivity index (χ2n) is 5.56. The van der Waals surface area contributed by atoms with Crippen LogP contribution in [0.4, 0.5) is 5.69 Å². The zero-order chi connectivity index (χ0) is 15.6. The summed E-state index contributed by atoms with van der Waals surface area (Å²) in [5.74, 6) is -1.10. The number of hydrogen-bond acceptors (Lipinski definition) is 3. The molecule has 1 saturated heterocycles. The van der Waals surface area contributed by atoms with Crippen molar-refractivity contribution < 1.29 is 9.90 Å². The number of aryl methyl sites for hydroxylation is 2. The first-order chi connectivity index (χ1) is 9.90. The predicted molar refractivity (Wildman–Crippen MR) is 88.4 cm³/mol. The minimum atomic E-state index is -0.740. The molecule has 1 fully saturated rings. The highest BCUT2D eigenvalue weighted by atomic mass is 32.2. The van der Waals surface area contributed by atoms with Gasteiger partial charge in [-0.2, -0.15) is 0 Å². The summed E-state index contributed by atoms with van der Waals surface area (Å²) in [5, 5.41) is 10.2. The van der Waals surface area contributed by atoms with E-state index in [2.05, 4.69) is 43.9 Å². The molecule has 1 aromatic rings. The minimum Gasteiger partial charge on any atom is -0.481 e. The molecule has 1 heterocycles. The molecule has 0 aliphatic carbocycles. The molecule has 4 nitrogen and oxygen atoms in total. The zero-order valence-corrected chi connectivity index (χ0v) is 13.8. The maximum Gasteiger partial charge on any atom is 0.307 e. The van der Waals surface area contributed by atoms with E-state index in [9.17, 15) is 9.90 Å². The number of amidine groups is 1. The van der Waals surface area contributed by atoms with Gasteiger partial charge in [0.05, 0.1) is 11.6 Å². The molecule has 0 spiro atoms. The van der Waals surface area contributed by atoms with Gasteiger partial charge < -0.3 is 10.0 Å². The van der Waals surface area contributed by atoms with Gasteiger partial charge in [-0.15, -0.1) is 0 Å². The van der Waals surface area contributed by atoms with Crippen molar-refractivity contribution >= 4 is 28.6 Å². The minimum absolute atomic E-state index is 0.0621. The van der Waals surface area contributed by atoms with Crippen molar-refractivity contribution in [1.29, 1.82) is 0 Å². The van der Waals surface area contributed by atoms with Crippen LogP contribution in [-0.2, 0) is 4.79 Å². The number of aliphatic imine (C=N–C) groups is 1. The van der Waals surface area contributed by atoms with E-state index in [0.717, 1.165) is 23.9 Å². The number of hydrogen-bond donors (Lipinski definition) is 1. The van der Waals surface area contributed by atoms with Gasteiger partial charge in [-0.1, -0.05) is 24.8 Å². The van der Waals surface area contributed by atoms with Crippen LogP contribution in [0, 0.1) is 19.8 Å². The molecule has 1 aliphatic rings. The van der Waals surface area contributed by atoms with Crippen LogP contribution in [0.25, 0.3) is 0 Å². The third-order valence-electron chi connectivity index (χ3n) is 3.69. The number of carboxylic acids is 1. The first-order valence-corrected chi connectivity index (χ1v) is 8.10. The Hall–Kier alpha value is -1.49. The Morgan fingerprint density at radius 1 is 1.43 bits per heavy atom. The summed E-state index contributed by atoms with van der Waals surface area (Å²) in [5.41, 5.74) is 3.32. The molecule has 5 heteroatoms. The van der Waals surface area contributed by atoms with Crippen LogP contribution in [0.1, 0.15) is 25.0 Å². The summed E-state index contributed by atoms with van der Waals surface area (Å²) in [6.45, 7) is 9.56. The molecule has 1 aliphatic heterocycles. The molecule has 2 atom stereocenters. The topological polar surface area (TPSA) is 52.9 Å². The van der Waals surface area contributed by atoms with Crippen LogP contribution in [0.2, 0.25) is 0 Å². The smallest absolute Gasteiger partial charge is 0.307 e. The van der Waals surface area contributed by atoms with Gasteiger partial charge in [0.2, 0.25) is 0 Å². The standard InChI is InChI=1S/C16H22N2O2S/c1-5-18-9-14(12(4)15(19)20)21-16(18)17-13-7-10(2)6-11(3)8-13/h6-8,12,14H,5,9H2,1-4H3,(H,19,20). The van der Waals surface area contributed by atoms with E-state index in [4.69, 9.17) is 4.99 Å². The lowest BCUT2D eigenvalue weighted by Crippen LogP contribution is -2.29. The Kier molecular flexibility index (Phi) is 4.93. The Labute approximate surface area is 130 Å². The molecule has 0 saturated carbocycles. The predicted octanol–water partition coefficient (Wildman–Crippen LogP) is 3.45. The van der Waals surface area contributed by atoms with E-state index in [1.54, 1.807) is 18.7 Å². The first-order valence-electron chi connectivity index (χ1n) is 7.22. The lowest BCUT2D eigenvalue weighted by Gasteiger charge is -2.16. The molecule has 114 valence electrons. The van der Waals surface area contributed by atoms with Gasteiger partial charge in [0.1, 0.15) is 0 Å². The van der Waals surface area contributed by atoms with Crippen LogP contribution in [0.3, 0.4) is 0 Å². The number of nitrogens with zero attached hydrogens (tertiary/aromatic N) is 2. The molecule has 1 aromatic carbocycles. The summed E-state index contributed by atoms with van der Waals surface area (Å²) < 4.78 is 0. The van der Waals surface area contributed by atoms with Crippen LogP contribution in [0.15, 0.2) is 23.2 Å². The van der Waals surface area contributed by atoms with Gasteiger partial charge in [-0.05, 0) is 44.0 Å². The van der Waals surface area contributed by atoms with Crippen molar-refractivity contribution in [2.75, 3.05) is 13.1 Å². The largest absolute Gasteiger partial charge is 0.481 e. The molecule has 2 rings (SSSR count). The molecular weight excluding hydrogens is 284 g/mol. The maximum atomic E-state index is 11.2. The molecule has 1 N–H and O–H groups in total. The number of rotatable bonds is 4. The van der Waals surface area contributed by atoms with Crippen LogP contribution in [0.5, 0.6) is 0 Å². The third-order valence-corrected chi connectivity index (χ3v) is 5.11. The SMILES string of the molecule is CCN1CC(C(C)C(=O)O)SC1=Nc1cc(C)cc(C)c1. The van der Waals surface area contributed by atoms with E-state index in [0.29, 0.717) is 0 Å². The van der Waals surface area contributed by atoms with Crippen molar-refractivity contribution in [2.24, 2.45) is 10.9 Å². The lowest BCUT2D eigenvalue weighted by atomic mass is 10.1. The number of carbonyl (C=O) groups is 1. The van der Waals surface area contributed by atoms with Gasteiger partial charge in [0, 0.05) is 18.3 Å². The average molecular weight is 306 g/mol. The van der Waals surface area contributed by atoms with Gasteiger partial charge in [-0.3, -0.25) is 4.79 Å². The lowest BCUT2D eigenvalue weighted by molar-refractivity contribution is -0.141. The Morgan fingerprint density at radius 3 is 2.57 bits per heavy atom. The second kappa shape index (κ2) is 6.52. The number of carboxylic acid groups (broad SMARTS) is 1. The second-order valence-corrected chi connectivity index (χ2v) is 6.77. The third kappa shape index (κ3) is 3.79. The van der Waals surface area contributed by atoms with Gasteiger partial charge in [-0.25, -0.2) is 4.99 Å². The molecule has 2 unspecified atom stereocenters. The monoisotopic (exact) mass is 306 g/mol. The van der Waals surface area contributed by atoms with Gasteiger partial charge in [0.15, 0.2) is 5.17 Å². The molecule has 21 heavy (non-hydrogen) atoms. The van der Waals surface area contributed by atoms with Crippen molar-refractivity contribution in [3.8, 4) is 0 Å². The summed E-state index contributed by atoms with van der Waals surface area (Å²) in [7, 11) is 0. The zero-order valence-electron chi connectivity index (χ0n) is 13.0. The molecule has 0 amide bonds. The average Bonchev–Trinajstić information content (AvgIpc) is 2.79. The highest BCUT2D eigenvalue weighted by molar-refractivity contribution is 8.14. The molecule has 0 radical (unpaired) electrons. The quantitative estimate of drug-likeness (QED) is 0.925. The van der Waals surface area contributed by atoms with Crippen molar-refractivity contribution in [3.63, 3.8) is 0 Å². The Bertz CT molecular complexity index is 551. The fourth-order valence-corrected chi connectivity index (χ4v) is 3.81. The van der Waals surface area contributed by atoms with E-state index in [1.807, 2.05) is 0 Å². The molecule has 0 aromatic heterocycles. The number of benzene rings is 1. The fraction of sp³-hybridized carbons (Fsp3) is 0.500. The summed E-state index contributed by atoms with van der Waals surface area (Å²) in [6, 6.07) is 6.24. The maximum absolute atomic E-state index is 11.2. The van der Waals surface area contributed by atoms with Crippen molar-refractivity contribution in [2.45, 2.75) is 32.9 Å². The number of thioether (sulfide) groups is 1. The van der Waals surface area contributed by atoms with Gasteiger partial charge in [0.25, 0.3) is 0 Å². The Balaban J connectivity index is 2.25. The normalized spacial score (nSPS) is 21.8. The summed E-state index contributed by atoms with van der Waals surface area (Å²) in [6.07, 6.45) is 0. The van der Waals surface area contributed by atoms with Crippen molar-refractivity contribution in [3.05, 3.63) is 29.3 Å². The molecular formula is C16H22N2O2S. The van der Waals surface area contributed by atoms with Gasteiger partial charge >= 0.3 is 5.97 Å². The summed E-state index contributed by atoms with van der Waals surface area (Å²) >= 11 is 1.58. The fourth-order valence-electron chi connectivity index (χ4n) is 2.45.